The van der Waals surface area contributed by atoms with E-state index < -0.39 is 18.1 Å². The van der Waals surface area contributed by atoms with Crippen molar-refractivity contribution in [2.45, 2.75) is 19.3 Å². The van der Waals surface area contributed by atoms with Crippen molar-refractivity contribution in [1.82, 2.24) is 10.8 Å². The van der Waals surface area contributed by atoms with Gasteiger partial charge in [-0.25, -0.2) is 9.59 Å². The second-order valence-electron chi connectivity index (χ2n) is 5.22. The van der Waals surface area contributed by atoms with Gasteiger partial charge in [-0.2, -0.15) is 5.48 Å². The molecule has 0 aliphatic heterocycles. The van der Waals surface area contributed by atoms with Gasteiger partial charge in [-0.15, -0.1) is 0 Å². The number of aliphatic carboxylic acids is 1. The van der Waals surface area contributed by atoms with Crippen LogP contribution in [0.5, 0.6) is 0 Å². The molecule has 0 aromatic heterocycles. The normalized spacial score (nSPS) is 11.5. The molecule has 0 saturated heterocycles. The Hall–Kier alpha value is -2.90. The number of alkyl carbamates (subject to hydrolysis) is 1. The first-order chi connectivity index (χ1) is 12.1. The number of carbonyl (C=O) groups excluding carboxylic acids is 1. The third-order valence-corrected chi connectivity index (χ3v) is 3.27. The average Bonchev–Trinajstić information content (AvgIpc) is 2.64. The smallest absolute Gasteiger partial charge is 0.408 e. The van der Waals surface area contributed by atoms with E-state index in [9.17, 15) is 9.59 Å². The molecule has 1 amide bonds. The van der Waals surface area contributed by atoms with Gasteiger partial charge in [0.2, 0.25) is 0 Å². The fraction of sp³-hybridized carbons (Fsp3) is 0.222. The van der Waals surface area contributed by atoms with E-state index in [1.54, 1.807) is 12.1 Å². The molecular formula is C18H20N2O5. The number of hydrogen-bond donors (Lipinski definition) is 3. The van der Waals surface area contributed by atoms with Crippen LogP contribution in [0.4, 0.5) is 4.79 Å². The molecule has 0 fully saturated rings. The monoisotopic (exact) mass is 344 g/mol. The number of carbonyl (C=O) groups is 2. The van der Waals surface area contributed by atoms with Gasteiger partial charge >= 0.3 is 12.1 Å². The zero-order valence-corrected chi connectivity index (χ0v) is 13.6. The van der Waals surface area contributed by atoms with Gasteiger partial charge in [0.1, 0.15) is 12.6 Å². The van der Waals surface area contributed by atoms with E-state index in [4.69, 9.17) is 14.7 Å². The minimum Gasteiger partial charge on any atom is -0.480 e. The van der Waals surface area contributed by atoms with E-state index in [0.717, 1.165) is 11.1 Å². The lowest BCUT2D eigenvalue weighted by atomic mass is 10.2. The summed E-state index contributed by atoms with van der Waals surface area (Å²) in [6.07, 6.45) is -0.805. The molecule has 0 aliphatic rings. The number of benzene rings is 2. The molecule has 0 spiro atoms. The lowest BCUT2D eigenvalue weighted by molar-refractivity contribution is -0.140. The molecule has 0 saturated carbocycles. The maximum atomic E-state index is 11.7. The summed E-state index contributed by atoms with van der Waals surface area (Å²) >= 11 is 0. The molecule has 2 rings (SSSR count). The van der Waals surface area contributed by atoms with Crippen molar-refractivity contribution in [3.05, 3.63) is 71.8 Å². The first-order valence-electron chi connectivity index (χ1n) is 7.74. The predicted octanol–water partition coefficient (Wildman–Crippen LogP) is 2.09. The van der Waals surface area contributed by atoms with Crippen molar-refractivity contribution in [1.29, 1.82) is 0 Å². The molecule has 0 bridgehead atoms. The third-order valence-electron chi connectivity index (χ3n) is 3.27. The Labute approximate surface area is 145 Å². The van der Waals surface area contributed by atoms with Crippen LogP contribution in [0, 0.1) is 0 Å². The topological polar surface area (TPSA) is 96.9 Å². The first-order valence-corrected chi connectivity index (χ1v) is 7.74. The molecule has 132 valence electrons. The molecule has 0 heterocycles. The van der Waals surface area contributed by atoms with Gasteiger partial charge in [0.25, 0.3) is 0 Å². The van der Waals surface area contributed by atoms with Crippen LogP contribution in [-0.4, -0.2) is 29.8 Å². The Bertz CT molecular complexity index is 664. The van der Waals surface area contributed by atoms with Gasteiger partial charge in [0.15, 0.2) is 0 Å². The zero-order valence-electron chi connectivity index (χ0n) is 13.6. The second-order valence-corrected chi connectivity index (χ2v) is 5.22. The van der Waals surface area contributed by atoms with E-state index in [0.29, 0.717) is 0 Å². The number of hydroxylamine groups is 1. The highest BCUT2D eigenvalue weighted by Gasteiger charge is 2.20. The largest absolute Gasteiger partial charge is 0.480 e. The minimum absolute atomic E-state index is 0.0664. The second kappa shape index (κ2) is 10.1. The lowest BCUT2D eigenvalue weighted by Crippen LogP contribution is -2.47. The van der Waals surface area contributed by atoms with E-state index in [1.807, 2.05) is 48.5 Å². The van der Waals surface area contributed by atoms with Gasteiger partial charge in [-0.3, -0.25) is 4.84 Å². The Balaban J connectivity index is 1.70. The Morgan fingerprint density at radius 3 is 2.04 bits per heavy atom. The first kappa shape index (κ1) is 18.4. The molecule has 2 aromatic rings. The summed E-state index contributed by atoms with van der Waals surface area (Å²) in [4.78, 5) is 28.1. The summed E-state index contributed by atoms with van der Waals surface area (Å²) in [6.45, 7) is 0.255. The van der Waals surface area contributed by atoms with Crippen molar-refractivity contribution in [2.24, 2.45) is 0 Å². The van der Waals surface area contributed by atoms with Crippen molar-refractivity contribution >= 4 is 12.1 Å². The Morgan fingerprint density at radius 1 is 0.920 bits per heavy atom. The minimum atomic E-state index is -1.19. The molecular weight excluding hydrogens is 324 g/mol. The van der Waals surface area contributed by atoms with E-state index >= 15 is 0 Å². The highest BCUT2D eigenvalue weighted by atomic mass is 16.6. The number of hydrogen-bond acceptors (Lipinski definition) is 5. The molecule has 0 unspecified atom stereocenters. The molecule has 1 atom stereocenters. The molecule has 0 radical (unpaired) electrons. The van der Waals surface area contributed by atoms with E-state index in [1.165, 1.54) is 0 Å². The molecule has 7 heteroatoms. The SMILES string of the molecule is O=C(N[C@H](CNOCc1ccccc1)C(=O)O)OCc1ccccc1. The van der Waals surface area contributed by atoms with Crippen LogP contribution in [0.1, 0.15) is 11.1 Å². The van der Waals surface area contributed by atoms with Gasteiger partial charge in [-0.05, 0) is 11.1 Å². The van der Waals surface area contributed by atoms with Crippen LogP contribution in [0.2, 0.25) is 0 Å². The molecule has 0 aliphatic carbocycles. The van der Waals surface area contributed by atoms with Crippen molar-refractivity contribution in [3.8, 4) is 0 Å². The quantitative estimate of drug-likeness (QED) is 0.476. The van der Waals surface area contributed by atoms with Crippen LogP contribution >= 0.6 is 0 Å². The van der Waals surface area contributed by atoms with Gasteiger partial charge < -0.3 is 15.2 Å². The number of amides is 1. The number of carboxylic acid groups (broad SMARTS) is 1. The average molecular weight is 344 g/mol. The summed E-state index contributed by atoms with van der Waals surface area (Å²) < 4.78 is 5.00. The maximum Gasteiger partial charge on any atom is 0.408 e. The van der Waals surface area contributed by atoms with Crippen LogP contribution in [0.25, 0.3) is 0 Å². The zero-order chi connectivity index (χ0) is 17.9. The van der Waals surface area contributed by atoms with Gasteiger partial charge in [-0.1, -0.05) is 60.7 Å². The van der Waals surface area contributed by atoms with E-state index in [2.05, 4.69) is 10.8 Å². The molecule has 3 N–H and O–H groups in total. The summed E-state index contributed by atoms with van der Waals surface area (Å²) in [7, 11) is 0. The number of carboxylic acids is 1. The van der Waals surface area contributed by atoms with Crippen LogP contribution in [0.15, 0.2) is 60.7 Å². The van der Waals surface area contributed by atoms with Crippen LogP contribution in [0.3, 0.4) is 0 Å². The summed E-state index contributed by atoms with van der Waals surface area (Å²) in [5, 5.41) is 11.4. The van der Waals surface area contributed by atoms with Crippen molar-refractivity contribution in [2.75, 3.05) is 6.54 Å². The van der Waals surface area contributed by atoms with Gasteiger partial charge in [0.05, 0.1) is 13.2 Å². The maximum absolute atomic E-state index is 11.7. The fourth-order valence-corrected chi connectivity index (χ4v) is 1.96. The highest BCUT2D eigenvalue weighted by Crippen LogP contribution is 2.01. The van der Waals surface area contributed by atoms with E-state index in [-0.39, 0.29) is 19.8 Å². The summed E-state index contributed by atoms with van der Waals surface area (Å²) in [6, 6.07) is 17.4. The summed E-state index contributed by atoms with van der Waals surface area (Å²) in [5.41, 5.74) is 4.30. The molecule has 25 heavy (non-hydrogen) atoms. The molecule has 7 nitrogen and oxygen atoms in total. The fourth-order valence-electron chi connectivity index (χ4n) is 1.96. The number of rotatable bonds is 9. The van der Waals surface area contributed by atoms with Crippen molar-refractivity contribution in [3.63, 3.8) is 0 Å². The predicted molar refractivity (Wildman–Crippen MR) is 90.4 cm³/mol. The van der Waals surface area contributed by atoms with Gasteiger partial charge in [0, 0.05) is 0 Å². The third kappa shape index (κ3) is 7.03. The number of nitrogens with one attached hydrogen (secondary N) is 2. The standard InChI is InChI=1S/C18H20N2O5/c21-17(22)16(11-19-25-13-15-9-5-2-6-10-15)20-18(23)24-12-14-7-3-1-4-8-14/h1-10,16,19H,11-13H2,(H,20,23)(H,21,22)/t16-/m1/s1. The van der Waals surface area contributed by atoms with Crippen LogP contribution in [-0.2, 0) is 27.6 Å². The summed E-state index contributed by atoms with van der Waals surface area (Å²) in [5.74, 6) is -1.19. The lowest BCUT2D eigenvalue weighted by Gasteiger charge is -2.15. The highest BCUT2D eigenvalue weighted by molar-refractivity contribution is 5.80. The molecule has 2 aromatic carbocycles. The Kier molecular flexibility index (Phi) is 7.42. The van der Waals surface area contributed by atoms with Crippen LogP contribution < -0.4 is 10.8 Å². The van der Waals surface area contributed by atoms with Crippen molar-refractivity contribution < 1.29 is 24.3 Å². The number of ether oxygens (including phenoxy) is 1. The Morgan fingerprint density at radius 2 is 1.48 bits per heavy atom.